The molecule has 0 spiro atoms. The second-order valence-electron chi connectivity index (χ2n) is 3.45. The molecule has 6 heteroatoms. The molecule has 0 atom stereocenters. The van der Waals surface area contributed by atoms with E-state index < -0.39 is 5.97 Å². The highest BCUT2D eigenvalue weighted by Crippen LogP contribution is 2.32. The van der Waals surface area contributed by atoms with Crippen LogP contribution in [0.2, 0.25) is 0 Å². The highest BCUT2D eigenvalue weighted by atomic mass is 79.9. The van der Waals surface area contributed by atoms with Crippen molar-refractivity contribution in [3.8, 4) is 0 Å². The number of carbonyl (C=O) groups is 1. The summed E-state index contributed by atoms with van der Waals surface area (Å²) in [7, 11) is 0. The van der Waals surface area contributed by atoms with Crippen molar-refractivity contribution in [1.29, 1.82) is 0 Å². The second kappa shape index (κ2) is 5.41. The van der Waals surface area contributed by atoms with Crippen LogP contribution in [-0.2, 0) is 0 Å². The maximum atomic E-state index is 10.8. The van der Waals surface area contributed by atoms with Gasteiger partial charge in [-0.25, -0.2) is 9.78 Å². The number of halogens is 1. The molecular formula is C12H9BrN2O2S. The topological polar surface area (TPSA) is 76.2 Å². The van der Waals surface area contributed by atoms with E-state index in [-0.39, 0.29) is 11.3 Å². The normalized spacial score (nSPS) is 10.3. The molecule has 0 saturated heterocycles. The van der Waals surface area contributed by atoms with Crippen LogP contribution in [0, 0.1) is 0 Å². The Kier molecular flexibility index (Phi) is 3.88. The molecule has 0 radical (unpaired) electrons. The van der Waals surface area contributed by atoms with Gasteiger partial charge in [-0.2, -0.15) is 0 Å². The van der Waals surface area contributed by atoms with Crippen LogP contribution in [0.4, 0.5) is 5.69 Å². The number of carboxylic acids is 1. The predicted octanol–water partition coefficient (Wildman–Crippen LogP) is 3.28. The average Bonchev–Trinajstić information content (AvgIpc) is 2.32. The number of aromatic carboxylic acids is 1. The predicted molar refractivity (Wildman–Crippen MR) is 73.9 cm³/mol. The molecular weight excluding hydrogens is 316 g/mol. The monoisotopic (exact) mass is 324 g/mol. The molecule has 0 aliphatic rings. The lowest BCUT2D eigenvalue weighted by Crippen LogP contribution is -2.01. The van der Waals surface area contributed by atoms with Gasteiger partial charge < -0.3 is 10.8 Å². The van der Waals surface area contributed by atoms with Crippen LogP contribution < -0.4 is 5.73 Å². The molecule has 0 bridgehead atoms. The third-order valence-electron chi connectivity index (χ3n) is 2.19. The first-order valence-electron chi connectivity index (χ1n) is 4.99. The standard InChI is InChI=1S/C12H9BrN2O2S/c13-9-2-1-5-15-11(9)18-7-3-4-8(12(16)17)10(14)6-7/h1-6H,14H2,(H,16,17). The van der Waals surface area contributed by atoms with Crippen molar-refractivity contribution in [2.45, 2.75) is 9.92 Å². The lowest BCUT2D eigenvalue weighted by molar-refractivity contribution is 0.0698. The molecule has 0 aliphatic heterocycles. The number of nitrogens with two attached hydrogens (primary N) is 1. The van der Waals surface area contributed by atoms with Gasteiger partial charge in [0.05, 0.1) is 10.0 Å². The number of nitrogens with zero attached hydrogens (tertiary/aromatic N) is 1. The van der Waals surface area contributed by atoms with Crippen molar-refractivity contribution >= 4 is 39.3 Å². The Morgan fingerprint density at radius 1 is 1.39 bits per heavy atom. The first-order chi connectivity index (χ1) is 8.58. The smallest absolute Gasteiger partial charge is 0.337 e. The van der Waals surface area contributed by atoms with Crippen LogP contribution in [-0.4, -0.2) is 16.1 Å². The number of benzene rings is 1. The molecule has 1 aromatic carbocycles. The summed E-state index contributed by atoms with van der Waals surface area (Å²) in [5.74, 6) is -1.02. The quantitative estimate of drug-likeness (QED) is 0.847. The summed E-state index contributed by atoms with van der Waals surface area (Å²) in [5.41, 5.74) is 6.05. The number of pyridine rings is 1. The largest absolute Gasteiger partial charge is 0.478 e. The van der Waals surface area contributed by atoms with E-state index in [1.54, 1.807) is 18.3 Å². The van der Waals surface area contributed by atoms with E-state index in [1.165, 1.54) is 17.8 Å². The van der Waals surface area contributed by atoms with Crippen LogP contribution in [0.3, 0.4) is 0 Å². The summed E-state index contributed by atoms with van der Waals surface area (Å²) in [5, 5.41) is 9.69. The molecule has 1 heterocycles. The van der Waals surface area contributed by atoms with E-state index in [4.69, 9.17) is 10.8 Å². The highest BCUT2D eigenvalue weighted by Gasteiger charge is 2.09. The summed E-state index contributed by atoms with van der Waals surface area (Å²) in [6.07, 6.45) is 1.70. The van der Waals surface area contributed by atoms with E-state index in [9.17, 15) is 4.79 Å². The van der Waals surface area contributed by atoms with Crippen molar-refractivity contribution in [3.05, 3.63) is 46.6 Å². The fourth-order valence-electron chi connectivity index (χ4n) is 1.36. The Bertz CT molecular complexity index is 604. The van der Waals surface area contributed by atoms with Crippen molar-refractivity contribution in [2.75, 3.05) is 5.73 Å². The minimum atomic E-state index is -1.02. The summed E-state index contributed by atoms with van der Waals surface area (Å²) < 4.78 is 0.885. The van der Waals surface area contributed by atoms with Gasteiger partial charge >= 0.3 is 5.97 Å². The number of hydrogen-bond acceptors (Lipinski definition) is 4. The minimum absolute atomic E-state index is 0.111. The number of hydrogen-bond donors (Lipinski definition) is 2. The van der Waals surface area contributed by atoms with Gasteiger partial charge in [-0.15, -0.1) is 0 Å². The zero-order valence-corrected chi connectivity index (χ0v) is 11.5. The Labute approximate surface area is 116 Å². The van der Waals surface area contributed by atoms with Gasteiger partial charge in [0.15, 0.2) is 0 Å². The second-order valence-corrected chi connectivity index (χ2v) is 5.36. The lowest BCUT2D eigenvalue weighted by Gasteiger charge is -2.05. The lowest BCUT2D eigenvalue weighted by atomic mass is 10.2. The van der Waals surface area contributed by atoms with E-state index >= 15 is 0 Å². The summed E-state index contributed by atoms with van der Waals surface area (Å²) in [6.45, 7) is 0. The summed E-state index contributed by atoms with van der Waals surface area (Å²) >= 11 is 4.82. The van der Waals surface area contributed by atoms with Gasteiger partial charge in [0.25, 0.3) is 0 Å². The van der Waals surface area contributed by atoms with Crippen molar-refractivity contribution < 1.29 is 9.90 Å². The van der Waals surface area contributed by atoms with Crippen molar-refractivity contribution in [2.24, 2.45) is 0 Å². The van der Waals surface area contributed by atoms with Gasteiger partial charge in [0, 0.05) is 16.8 Å². The van der Waals surface area contributed by atoms with Gasteiger partial charge in [-0.1, -0.05) is 11.8 Å². The average molecular weight is 325 g/mol. The highest BCUT2D eigenvalue weighted by molar-refractivity contribution is 9.10. The SMILES string of the molecule is Nc1cc(Sc2ncccc2Br)ccc1C(=O)O. The van der Waals surface area contributed by atoms with Crippen molar-refractivity contribution in [1.82, 2.24) is 4.98 Å². The Balaban J connectivity index is 2.29. The molecule has 0 aliphatic carbocycles. The van der Waals surface area contributed by atoms with Crippen LogP contribution in [0.1, 0.15) is 10.4 Å². The molecule has 1 aromatic heterocycles. The molecule has 0 amide bonds. The molecule has 92 valence electrons. The van der Waals surface area contributed by atoms with Gasteiger partial charge in [0.1, 0.15) is 5.03 Å². The number of anilines is 1. The molecule has 0 fully saturated rings. The van der Waals surface area contributed by atoms with Gasteiger partial charge in [0.2, 0.25) is 0 Å². The summed E-state index contributed by atoms with van der Waals surface area (Å²) in [4.78, 5) is 15.9. The van der Waals surface area contributed by atoms with Crippen LogP contribution in [0.25, 0.3) is 0 Å². The van der Waals surface area contributed by atoms with Crippen molar-refractivity contribution in [3.63, 3.8) is 0 Å². The molecule has 2 aromatic rings. The van der Waals surface area contributed by atoms with Crippen LogP contribution in [0.5, 0.6) is 0 Å². The number of carboxylic acid groups (broad SMARTS) is 1. The van der Waals surface area contributed by atoms with E-state index in [1.807, 2.05) is 12.1 Å². The minimum Gasteiger partial charge on any atom is -0.478 e. The number of nitrogen functional groups attached to an aromatic ring is 1. The summed E-state index contributed by atoms with van der Waals surface area (Å²) in [6, 6.07) is 8.57. The number of rotatable bonds is 3. The molecule has 2 rings (SSSR count). The first-order valence-corrected chi connectivity index (χ1v) is 6.60. The zero-order valence-electron chi connectivity index (χ0n) is 9.13. The Morgan fingerprint density at radius 2 is 2.17 bits per heavy atom. The van der Waals surface area contributed by atoms with Gasteiger partial charge in [-0.3, -0.25) is 0 Å². The maximum absolute atomic E-state index is 10.8. The van der Waals surface area contributed by atoms with E-state index in [2.05, 4.69) is 20.9 Å². The van der Waals surface area contributed by atoms with Gasteiger partial charge in [-0.05, 0) is 46.3 Å². The van der Waals surface area contributed by atoms with Crippen LogP contribution >= 0.6 is 27.7 Å². The third-order valence-corrected chi connectivity index (χ3v) is 4.10. The molecule has 3 N–H and O–H groups in total. The number of aromatic nitrogens is 1. The molecule has 18 heavy (non-hydrogen) atoms. The zero-order chi connectivity index (χ0) is 13.1. The Hall–Kier alpha value is -1.53. The Morgan fingerprint density at radius 3 is 2.78 bits per heavy atom. The molecule has 0 saturated carbocycles. The fourth-order valence-corrected chi connectivity index (χ4v) is 2.68. The van der Waals surface area contributed by atoms with E-state index in [0.29, 0.717) is 0 Å². The first kappa shape index (κ1) is 12.9. The third kappa shape index (κ3) is 2.83. The fraction of sp³-hybridized carbons (Fsp3) is 0. The molecule has 4 nitrogen and oxygen atoms in total. The molecule has 0 unspecified atom stereocenters. The maximum Gasteiger partial charge on any atom is 0.337 e. The van der Waals surface area contributed by atoms with Crippen LogP contribution in [0.15, 0.2) is 50.9 Å². The van der Waals surface area contributed by atoms with E-state index in [0.717, 1.165) is 14.4 Å².